The van der Waals surface area contributed by atoms with Crippen LogP contribution in [-0.2, 0) is 20.7 Å². The molecule has 0 bridgehead atoms. The summed E-state index contributed by atoms with van der Waals surface area (Å²) in [6.07, 6.45) is 0.133. The van der Waals surface area contributed by atoms with Gasteiger partial charge in [0.05, 0.1) is 11.4 Å². The lowest BCUT2D eigenvalue weighted by molar-refractivity contribution is -0.124. The minimum Gasteiger partial charge on any atom is -0.481 e. The molecule has 1 heterocycles. The molecule has 9 nitrogen and oxygen atoms in total. The van der Waals surface area contributed by atoms with Gasteiger partial charge in [-0.1, -0.05) is 48.9 Å². The van der Waals surface area contributed by atoms with Gasteiger partial charge in [-0.3, -0.25) is 14.5 Å². The quantitative estimate of drug-likeness (QED) is 0.0943. The van der Waals surface area contributed by atoms with Crippen LogP contribution in [0, 0.1) is 12.7 Å². The van der Waals surface area contributed by atoms with Gasteiger partial charge in [-0.15, -0.1) is 11.6 Å². The Labute approximate surface area is 295 Å². The lowest BCUT2D eigenvalue weighted by atomic mass is 10.0. The Kier molecular flexibility index (Phi) is 13.4. The number of oxazole rings is 1. The van der Waals surface area contributed by atoms with Gasteiger partial charge < -0.3 is 23.5 Å². The maximum Gasteiger partial charge on any atom is 0.400 e. The summed E-state index contributed by atoms with van der Waals surface area (Å²) in [6.45, 7) is 8.39. The first-order chi connectivity index (χ1) is 23.6. The molecule has 258 valence electrons. The van der Waals surface area contributed by atoms with Crippen molar-refractivity contribution in [2.45, 2.75) is 40.2 Å². The first kappa shape index (κ1) is 37.2. The Balaban J connectivity index is 0.000000257. The largest absolute Gasteiger partial charge is 0.481 e. The molecule has 2 amide bonds. The van der Waals surface area contributed by atoms with Crippen LogP contribution >= 0.6 is 23.2 Å². The van der Waals surface area contributed by atoms with Gasteiger partial charge in [0, 0.05) is 24.7 Å². The van der Waals surface area contributed by atoms with Gasteiger partial charge in [0.1, 0.15) is 35.4 Å². The molecule has 0 aliphatic carbocycles. The molecule has 0 fully saturated rings. The van der Waals surface area contributed by atoms with E-state index in [1.54, 1.807) is 66.4 Å². The van der Waals surface area contributed by atoms with E-state index < -0.39 is 11.9 Å². The van der Waals surface area contributed by atoms with E-state index in [1.807, 2.05) is 32.0 Å². The Morgan fingerprint density at radius 2 is 1.69 bits per heavy atom. The number of anilines is 2. The lowest BCUT2D eigenvalue weighted by Crippen LogP contribution is -2.38. The summed E-state index contributed by atoms with van der Waals surface area (Å²) in [7, 11) is 1.51. The van der Waals surface area contributed by atoms with Crippen molar-refractivity contribution in [2.24, 2.45) is 0 Å². The fraction of sp³-hybridized carbons (Fsp3) is 0.270. The average Bonchev–Trinajstić information content (AvgIpc) is 3.50. The molecule has 0 aliphatic rings. The Hall–Kier alpha value is -4.64. The molecule has 4 aromatic carbocycles. The number of nitrogens with zero attached hydrogens (tertiary/aromatic N) is 3. The number of carbonyl (C=O) groups excluding carboxylic acids is 2. The van der Waals surface area contributed by atoms with Gasteiger partial charge in [-0.2, -0.15) is 4.98 Å². The van der Waals surface area contributed by atoms with Gasteiger partial charge >= 0.3 is 6.08 Å². The number of rotatable bonds is 12. The minimum atomic E-state index is -0.821. The molecule has 0 spiro atoms. The topological polar surface area (TPSA) is 94.3 Å². The first-order valence-corrected chi connectivity index (χ1v) is 16.5. The summed E-state index contributed by atoms with van der Waals surface area (Å²) in [5, 5.41) is 0.543. The SMILES string of the molecule is CCOCN(C(=O)CCl)c1c(C)cccc1CC.C[C@@H](Oc1ccc(Oc2nc3ccc(Cl)cc3o2)cc1)C(=O)N(C)c1ccccc1F. The van der Waals surface area contributed by atoms with Gasteiger partial charge in [0.2, 0.25) is 5.91 Å². The summed E-state index contributed by atoms with van der Waals surface area (Å²) in [5.41, 5.74) is 4.46. The normalized spacial score (nSPS) is 11.3. The zero-order valence-electron chi connectivity index (χ0n) is 27.9. The van der Waals surface area contributed by atoms with Crippen molar-refractivity contribution in [1.82, 2.24) is 4.98 Å². The molecule has 0 saturated heterocycles. The highest BCUT2D eigenvalue weighted by Crippen LogP contribution is 2.29. The summed E-state index contributed by atoms with van der Waals surface area (Å²) < 4.78 is 36.2. The summed E-state index contributed by atoms with van der Waals surface area (Å²) >= 11 is 11.6. The van der Waals surface area contributed by atoms with Gasteiger partial charge in [-0.05, 0) is 86.8 Å². The molecule has 5 rings (SSSR count). The van der Waals surface area contributed by atoms with Gasteiger partial charge in [0.25, 0.3) is 5.91 Å². The van der Waals surface area contributed by atoms with Crippen LogP contribution < -0.4 is 19.3 Å². The average molecular weight is 711 g/mol. The van der Waals surface area contributed by atoms with Crippen molar-refractivity contribution in [3.05, 3.63) is 107 Å². The van der Waals surface area contributed by atoms with E-state index >= 15 is 0 Å². The number of ether oxygens (including phenoxy) is 3. The van der Waals surface area contributed by atoms with Crippen LogP contribution in [0.25, 0.3) is 11.1 Å². The van der Waals surface area contributed by atoms with E-state index in [2.05, 4.69) is 11.9 Å². The van der Waals surface area contributed by atoms with Crippen molar-refractivity contribution in [2.75, 3.05) is 36.1 Å². The third-order valence-electron chi connectivity index (χ3n) is 7.38. The van der Waals surface area contributed by atoms with Crippen LogP contribution in [0.15, 0.2) is 89.3 Å². The molecule has 1 aromatic heterocycles. The lowest BCUT2D eigenvalue weighted by Gasteiger charge is -2.25. The molecular weight excluding hydrogens is 672 g/mol. The number of hydrogen-bond acceptors (Lipinski definition) is 7. The number of alkyl halides is 1. The number of aromatic nitrogens is 1. The Morgan fingerprint density at radius 1 is 0.980 bits per heavy atom. The number of amides is 2. The standard InChI is InChI=1S/C23H18ClFN2O4.C14H20ClNO2/c1-14(22(28)27(2)20-6-4-3-5-18(20)25)29-16-8-10-17(11-9-16)30-23-26-19-12-7-15(24)13-21(19)31-23;1-4-12-8-6-7-11(3)14(12)16(10-18-5-2)13(17)9-15/h3-14H,1-2H3;6-8H,4-5,9-10H2,1-3H3/t14-;/m1./s1. The highest BCUT2D eigenvalue weighted by atomic mass is 35.5. The van der Waals surface area contributed by atoms with Crippen LogP contribution in [0.3, 0.4) is 0 Å². The number of aryl methyl sites for hydroxylation is 2. The molecule has 0 N–H and O–H groups in total. The zero-order chi connectivity index (χ0) is 35.5. The summed E-state index contributed by atoms with van der Waals surface area (Å²) in [4.78, 5) is 31.7. The summed E-state index contributed by atoms with van der Waals surface area (Å²) in [6, 6.07) is 23.8. The number of benzene rings is 4. The summed E-state index contributed by atoms with van der Waals surface area (Å²) in [5.74, 6) is -0.0879. The predicted octanol–water partition coefficient (Wildman–Crippen LogP) is 8.97. The Morgan fingerprint density at radius 3 is 2.37 bits per heavy atom. The third-order valence-corrected chi connectivity index (χ3v) is 7.84. The highest BCUT2D eigenvalue weighted by molar-refractivity contribution is 6.31. The van der Waals surface area contributed by atoms with E-state index in [9.17, 15) is 14.0 Å². The fourth-order valence-corrected chi connectivity index (χ4v) is 5.19. The van der Waals surface area contributed by atoms with Crippen molar-refractivity contribution in [3.63, 3.8) is 0 Å². The monoisotopic (exact) mass is 709 g/mol. The van der Waals surface area contributed by atoms with Crippen LogP contribution in [0.5, 0.6) is 17.6 Å². The molecule has 5 aromatic rings. The molecule has 0 aliphatic heterocycles. The van der Waals surface area contributed by atoms with E-state index in [1.165, 1.54) is 24.1 Å². The van der Waals surface area contributed by atoms with Crippen LogP contribution in [0.4, 0.5) is 15.8 Å². The van der Waals surface area contributed by atoms with Crippen molar-refractivity contribution >= 4 is 57.5 Å². The van der Waals surface area contributed by atoms with Crippen LogP contribution in [0.2, 0.25) is 5.02 Å². The first-order valence-electron chi connectivity index (χ1n) is 15.6. The fourth-order valence-electron chi connectivity index (χ4n) is 4.88. The van der Waals surface area contributed by atoms with E-state index in [0.717, 1.165) is 23.2 Å². The predicted molar refractivity (Wildman–Crippen MR) is 191 cm³/mol. The number of para-hydroxylation sites is 2. The molecule has 49 heavy (non-hydrogen) atoms. The second-order valence-corrected chi connectivity index (χ2v) is 11.5. The van der Waals surface area contributed by atoms with Crippen molar-refractivity contribution in [1.29, 1.82) is 0 Å². The van der Waals surface area contributed by atoms with E-state index in [0.29, 0.717) is 34.2 Å². The number of halogens is 3. The molecule has 1 atom stereocenters. The number of carbonyl (C=O) groups is 2. The maximum absolute atomic E-state index is 13.9. The second-order valence-electron chi connectivity index (χ2n) is 10.8. The minimum absolute atomic E-state index is 0.0371. The number of hydrogen-bond donors (Lipinski definition) is 0. The number of likely N-dealkylation sites (N-methyl/N-ethyl adjacent to an activating group) is 1. The second kappa shape index (κ2) is 17.7. The van der Waals surface area contributed by atoms with Gasteiger partial charge in [0.15, 0.2) is 11.7 Å². The molecule has 0 unspecified atom stereocenters. The molecule has 0 radical (unpaired) electrons. The van der Waals surface area contributed by atoms with E-state index in [-0.39, 0.29) is 36.2 Å². The van der Waals surface area contributed by atoms with Gasteiger partial charge in [-0.25, -0.2) is 4.39 Å². The van der Waals surface area contributed by atoms with Crippen molar-refractivity contribution in [3.8, 4) is 17.6 Å². The molecule has 12 heteroatoms. The zero-order valence-corrected chi connectivity index (χ0v) is 29.4. The maximum atomic E-state index is 13.9. The van der Waals surface area contributed by atoms with Crippen molar-refractivity contribution < 1.29 is 32.6 Å². The smallest absolute Gasteiger partial charge is 0.400 e. The highest BCUT2D eigenvalue weighted by Gasteiger charge is 2.23. The molecular formula is C37H38Cl2FN3O6. The Bertz CT molecular complexity index is 1870. The van der Waals surface area contributed by atoms with Crippen LogP contribution in [-0.4, -0.2) is 49.2 Å². The third kappa shape index (κ3) is 9.72. The van der Waals surface area contributed by atoms with E-state index in [4.69, 9.17) is 41.8 Å². The molecule has 0 saturated carbocycles. The number of fused-ring (bicyclic) bond motifs is 1. The van der Waals surface area contributed by atoms with Crippen LogP contribution in [0.1, 0.15) is 31.9 Å².